The van der Waals surface area contributed by atoms with Gasteiger partial charge in [-0.05, 0) is 19.3 Å². The first-order valence-corrected chi connectivity index (χ1v) is 6.56. The standard InChI is InChI=1S/C12H18N2O3S/c1-7(2)5-9-11(18-8(3)13-9)12(17)14(4)6-10(15)16/h7H,5-6H2,1-4H3,(H,15,16). The van der Waals surface area contributed by atoms with Crippen LogP contribution in [-0.4, -0.2) is 40.5 Å². The second kappa shape index (κ2) is 5.95. The number of aliphatic carboxylic acids is 1. The number of amides is 1. The van der Waals surface area contributed by atoms with Crippen molar-refractivity contribution >= 4 is 23.2 Å². The third-order valence-corrected chi connectivity index (χ3v) is 3.32. The molecule has 1 N–H and O–H groups in total. The second-order valence-electron chi connectivity index (χ2n) is 4.66. The maximum absolute atomic E-state index is 12.1. The summed E-state index contributed by atoms with van der Waals surface area (Å²) < 4.78 is 0. The third-order valence-electron chi connectivity index (χ3n) is 2.32. The molecule has 0 spiro atoms. The van der Waals surface area contributed by atoms with Crippen molar-refractivity contribution in [3.8, 4) is 0 Å². The monoisotopic (exact) mass is 270 g/mol. The molecule has 6 heteroatoms. The van der Waals surface area contributed by atoms with Crippen LogP contribution in [-0.2, 0) is 11.2 Å². The summed E-state index contributed by atoms with van der Waals surface area (Å²) in [5.74, 6) is -0.876. The highest BCUT2D eigenvalue weighted by Gasteiger charge is 2.21. The van der Waals surface area contributed by atoms with E-state index in [0.717, 1.165) is 17.1 Å². The number of aromatic nitrogens is 1. The molecule has 1 heterocycles. The molecule has 0 bridgehead atoms. The van der Waals surface area contributed by atoms with Gasteiger partial charge in [-0.25, -0.2) is 4.98 Å². The minimum atomic E-state index is -1.02. The highest BCUT2D eigenvalue weighted by atomic mass is 32.1. The van der Waals surface area contributed by atoms with Gasteiger partial charge in [-0.2, -0.15) is 0 Å². The van der Waals surface area contributed by atoms with Crippen molar-refractivity contribution in [1.82, 2.24) is 9.88 Å². The highest BCUT2D eigenvalue weighted by Crippen LogP contribution is 2.22. The Kier molecular flexibility index (Phi) is 4.84. The number of hydrogen-bond donors (Lipinski definition) is 1. The summed E-state index contributed by atoms with van der Waals surface area (Å²) in [6.07, 6.45) is 0.728. The summed E-state index contributed by atoms with van der Waals surface area (Å²) in [6.45, 7) is 5.67. The molecule has 1 rings (SSSR count). The van der Waals surface area contributed by atoms with Gasteiger partial charge in [0.1, 0.15) is 11.4 Å². The lowest BCUT2D eigenvalue weighted by Crippen LogP contribution is -2.32. The topological polar surface area (TPSA) is 70.5 Å². The SMILES string of the molecule is Cc1nc(CC(C)C)c(C(=O)N(C)CC(=O)O)s1. The van der Waals surface area contributed by atoms with Gasteiger partial charge in [-0.1, -0.05) is 13.8 Å². The van der Waals surface area contributed by atoms with Gasteiger partial charge in [0.25, 0.3) is 5.91 Å². The number of carboxylic acids is 1. The molecule has 0 radical (unpaired) electrons. The molecule has 0 saturated heterocycles. The molecule has 5 nitrogen and oxygen atoms in total. The molecule has 1 aromatic heterocycles. The Bertz CT molecular complexity index is 454. The van der Waals surface area contributed by atoms with Gasteiger partial charge < -0.3 is 10.0 Å². The number of carbonyl (C=O) groups excluding carboxylic acids is 1. The van der Waals surface area contributed by atoms with Crippen LogP contribution >= 0.6 is 11.3 Å². The average Bonchev–Trinajstić information content (AvgIpc) is 2.56. The van der Waals surface area contributed by atoms with Crippen molar-refractivity contribution in [1.29, 1.82) is 0 Å². The molecular formula is C12H18N2O3S. The highest BCUT2D eigenvalue weighted by molar-refractivity contribution is 7.13. The lowest BCUT2D eigenvalue weighted by molar-refractivity contribution is -0.137. The van der Waals surface area contributed by atoms with Gasteiger partial charge in [-0.3, -0.25) is 9.59 Å². The van der Waals surface area contributed by atoms with Crippen LogP contribution in [0.15, 0.2) is 0 Å². The van der Waals surface area contributed by atoms with E-state index in [-0.39, 0.29) is 12.5 Å². The fourth-order valence-electron chi connectivity index (χ4n) is 1.61. The quantitative estimate of drug-likeness (QED) is 0.885. The van der Waals surface area contributed by atoms with Crippen LogP contribution in [0.4, 0.5) is 0 Å². The Morgan fingerprint density at radius 1 is 1.44 bits per heavy atom. The van der Waals surface area contributed by atoms with E-state index in [1.54, 1.807) is 0 Å². The number of likely N-dealkylation sites (N-methyl/N-ethyl adjacent to an activating group) is 1. The summed E-state index contributed by atoms with van der Waals surface area (Å²) in [4.78, 5) is 28.9. The van der Waals surface area contributed by atoms with E-state index in [9.17, 15) is 9.59 Å². The van der Waals surface area contributed by atoms with Crippen molar-refractivity contribution in [2.24, 2.45) is 5.92 Å². The van der Waals surface area contributed by atoms with E-state index in [1.807, 2.05) is 6.92 Å². The Morgan fingerprint density at radius 3 is 2.56 bits per heavy atom. The lowest BCUT2D eigenvalue weighted by atomic mass is 10.1. The Labute approximate surface area is 110 Å². The fourth-order valence-corrected chi connectivity index (χ4v) is 2.55. The van der Waals surface area contributed by atoms with Crippen LogP contribution in [0.1, 0.15) is 34.2 Å². The van der Waals surface area contributed by atoms with Crippen LogP contribution in [0.2, 0.25) is 0 Å². The zero-order valence-corrected chi connectivity index (χ0v) is 11.9. The summed E-state index contributed by atoms with van der Waals surface area (Å²) in [7, 11) is 1.49. The number of carboxylic acid groups (broad SMARTS) is 1. The van der Waals surface area contributed by atoms with E-state index in [1.165, 1.54) is 23.3 Å². The first-order valence-electron chi connectivity index (χ1n) is 5.74. The summed E-state index contributed by atoms with van der Waals surface area (Å²) in [6, 6.07) is 0. The molecule has 0 atom stereocenters. The van der Waals surface area contributed by atoms with Crippen LogP contribution in [0.25, 0.3) is 0 Å². The summed E-state index contributed by atoms with van der Waals surface area (Å²) >= 11 is 1.32. The van der Waals surface area contributed by atoms with Crippen molar-refractivity contribution < 1.29 is 14.7 Å². The van der Waals surface area contributed by atoms with Crippen LogP contribution in [0.5, 0.6) is 0 Å². The number of aryl methyl sites for hydroxylation is 1. The minimum Gasteiger partial charge on any atom is -0.480 e. The lowest BCUT2D eigenvalue weighted by Gasteiger charge is -2.14. The molecule has 0 saturated carbocycles. The molecular weight excluding hydrogens is 252 g/mol. The van der Waals surface area contributed by atoms with Gasteiger partial charge >= 0.3 is 5.97 Å². The smallest absolute Gasteiger partial charge is 0.323 e. The number of hydrogen-bond acceptors (Lipinski definition) is 4. The molecule has 18 heavy (non-hydrogen) atoms. The van der Waals surface area contributed by atoms with Gasteiger partial charge in [0.15, 0.2) is 0 Å². The Balaban J connectivity index is 2.94. The molecule has 0 aliphatic heterocycles. The van der Waals surface area contributed by atoms with Crippen molar-refractivity contribution in [3.05, 3.63) is 15.6 Å². The molecule has 0 aliphatic rings. The predicted molar refractivity (Wildman–Crippen MR) is 70.0 cm³/mol. The number of nitrogens with zero attached hydrogens (tertiary/aromatic N) is 2. The van der Waals surface area contributed by atoms with E-state index in [4.69, 9.17) is 5.11 Å². The van der Waals surface area contributed by atoms with Crippen molar-refractivity contribution in [2.45, 2.75) is 27.2 Å². The number of rotatable bonds is 5. The zero-order valence-electron chi connectivity index (χ0n) is 11.1. The minimum absolute atomic E-state index is 0.265. The molecule has 1 amide bonds. The van der Waals surface area contributed by atoms with Crippen molar-refractivity contribution in [2.75, 3.05) is 13.6 Å². The van der Waals surface area contributed by atoms with E-state index in [0.29, 0.717) is 10.8 Å². The Morgan fingerprint density at radius 2 is 2.06 bits per heavy atom. The maximum Gasteiger partial charge on any atom is 0.323 e. The van der Waals surface area contributed by atoms with E-state index in [2.05, 4.69) is 18.8 Å². The number of carbonyl (C=O) groups is 2. The normalized spacial score (nSPS) is 10.7. The predicted octanol–water partition coefficient (Wildman–Crippen LogP) is 1.81. The maximum atomic E-state index is 12.1. The summed E-state index contributed by atoms with van der Waals surface area (Å²) in [5, 5.41) is 9.52. The number of thiazole rings is 1. The molecule has 0 fully saturated rings. The largest absolute Gasteiger partial charge is 0.480 e. The summed E-state index contributed by atoms with van der Waals surface area (Å²) in [5.41, 5.74) is 0.773. The molecule has 0 aliphatic carbocycles. The van der Waals surface area contributed by atoms with Gasteiger partial charge in [0, 0.05) is 7.05 Å². The van der Waals surface area contributed by atoms with E-state index < -0.39 is 5.97 Å². The fraction of sp³-hybridized carbons (Fsp3) is 0.583. The third kappa shape index (κ3) is 3.80. The first-order chi connectivity index (χ1) is 8.31. The molecule has 0 aromatic carbocycles. The van der Waals surface area contributed by atoms with Gasteiger partial charge in [0.2, 0.25) is 0 Å². The average molecular weight is 270 g/mol. The van der Waals surface area contributed by atoms with Crippen LogP contribution in [0.3, 0.4) is 0 Å². The van der Waals surface area contributed by atoms with Crippen LogP contribution < -0.4 is 0 Å². The zero-order chi connectivity index (χ0) is 13.9. The molecule has 0 unspecified atom stereocenters. The van der Waals surface area contributed by atoms with E-state index >= 15 is 0 Å². The van der Waals surface area contributed by atoms with Gasteiger partial charge in [-0.15, -0.1) is 11.3 Å². The molecule has 1 aromatic rings. The van der Waals surface area contributed by atoms with Crippen molar-refractivity contribution in [3.63, 3.8) is 0 Å². The first kappa shape index (κ1) is 14.6. The second-order valence-corrected chi connectivity index (χ2v) is 5.86. The Hall–Kier alpha value is -1.43. The van der Waals surface area contributed by atoms with Gasteiger partial charge in [0.05, 0.1) is 10.7 Å². The van der Waals surface area contributed by atoms with Crippen LogP contribution in [0, 0.1) is 12.8 Å². The molecule has 100 valence electrons.